The van der Waals surface area contributed by atoms with Gasteiger partial charge in [-0.3, -0.25) is 4.90 Å². The summed E-state index contributed by atoms with van der Waals surface area (Å²) in [5.41, 5.74) is 0.384. The SMILES string of the molecule is CCC(C)CC(NC)C(CC)(CC)N1CCCC1. The van der Waals surface area contributed by atoms with Crippen LogP contribution in [0.15, 0.2) is 0 Å². The molecule has 1 aliphatic heterocycles. The molecular formula is C16H34N2. The predicted molar refractivity (Wildman–Crippen MR) is 81.0 cm³/mol. The van der Waals surface area contributed by atoms with E-state index in [2.05, 4.69) is 45.0 Å². The van der Waals surface area contributed by atoms with E-state index < -0.39 is 0 Å². The van der Waals surface area contributed by atoms with E-state index in [1.54, 1.807) is 0 Å². The normalized spacial score (nSPS) is 21.2. The fourth-order valence-electron chi connectivity index (χ4n) is 3.75. The molecule has 0 bridgehead atoms. The average Bonchev–Trinajstić information content (AvgIpc) is 2.93. The molecule has 0 aromatic heterocycles. The highest BCUT2D eigenvalue weighted by atomic mass is 15.2. The zero-order valence-electron chi connectivity index (χ0n) is 13.3. The molecule has 1 saturated heterocycles. The summed E-state index contributed by atoms with van der Waals surface area (Å²) in [6, 6.07) is 0.639. The van der Waals surface area contributed by atoms with Crippen molar-refractivity contribution in [1.82, 2.24) is 10.2 Å². The monoisotopic (exact) mass is 254 g/mol. The minimum absolute atomic E-state index is 0.384. The smallest absolute Gasteiger partial charge is 0.0357 e. The van der Waals surface area contributed by atoms with Gasteiger partial charge in [-0.05, 0) is 58.2 Å². The Morgan fingerprint density at radius 2 is 1.67 bits per heavy atom. The first kappa shape index (κ1) is 16.0. The Hall–Kier alpha value is -0.0800. The highest BCUT2D eigenvalue weighted by Crippen LogP contribution is 2.34. The molecule has 0 aromatic carbocycles. The Labute approximate surface area is 115 Å². The van der Waals surface area contributed by atoms with Crippen LogP contribution in [0.25, 0.3) is 0 Å². The molecule has 108 valence electrons. The van der Waals surface area contributed by atoms with Gasteiger partial charge in [-0.15, -0.1) is 0 Å². The number of hydrogen-bond acceptors (Lipinski definition) is 2. The lowest BCUT2D eigenvalue weighted by Gasteiger charge is -2.47. The van der Waals surface area contributed by atoms with E-state index in [0.717, 1.165) is 5.92 Å². The van der Waals surface area contributed by atoms with E-state index in [4.69, 9.17) is 0 Å². The van der Waals surface area contributed by atoms with E-state index in [-0.39, 0.29) is 0 Å². The van der Waals surface area contributed by atoms with Crippen LogP contribution >= 0.6 is 0 Å². The molecule has 0 aromatic rings. The van der Waals surface area contributed by atoms with Crippen molar-refractivity contribution >= 4 is 0 Å². The number of likely N-dealkylation sites (N-methyl/N-ethyl adjacent to an activating group) is 1. The molecule has 2 heteroatoms. The second-order valence-electron chi connectivity index (χ2n) is 6.10. The van der Waals surface area contributed by atoms with Crippen molar-refractivity contribution in [2.24, 2.45) is 5.92 Å². The van der Waals surface area contributed by atoms with Gasteiger partial charge >= 0.3 is 0 Å². The Bertz CT molecular complexity index is 217. The lowest BCUT2D eigenvalue weighted by molar-refractivity contribution is 0.0556. The summed E-state index contributed by atoms with van der Waals surface area (Å²) in [6.45, 7) is 12.1. The molecule has 0 radical (unpaired) electrons. The van der Waals surface area contributed by atoms with Gasteiger partial charge in [0, 0.05) is 11.6 Å². The maximum absolute atomic E-state index is 3.65. The minimum Gasteiger partial charge on any atom is -0.315 e. The van der Waals surface area contributed by atoms with Crippen LogP contribution in [0.3, 0.4) is 0 Å². The van der Waals surface area contributed by atoms with Crippen LogP contribution in [-0.2, 0) is 0 Å². The molecule has 0 spiro atoms. The summed E-state index contributed by atoms with van der Waals surface area (Å²) < 4.78 is 0. The van der Waals surface area contributed by atoms with Gasteiger partial charge < -0.3 is 5.32 Å². The Balaban J connectivity index is 2.84. The molecule has 1 rings (SSSR count). The second-order valence-corrected chi connectivity index (χ2v) is 6.10. The average molecular weight is 254 g/mol. The first-order valence-electron chi connectivity index (χ1n) is 8.06. The van der Waals surface area contributed by atoms with Crippen LogP contribution in [0.4, 0.5) is 0 Å². The van der Waals surface area contributed by atoms with Crippen molar-refractivity contribution in [2.45, 2.75) is 77.8 Å². The number of hydrogen-bond donors (Lipinski definition) is 1. The molecule has 0 saturated carbocycles. The third-order valence-electron chi connectivity index (χ3n) is 5.29. The highest BCUT2D eigenvalue weighted by molar-refractivity contribution is 5.00. The van der Waals surface area contributed by atoms with Gasteiger partial charge in [0.15, 0.2) is 0 Å². The van der Waals surface area contributed by atoms with Gasteiger partial charge in [-0.25, -0.2) is 0 Å². The fraction of sp³-hybridized carbons (Fsp3) is 1.00. The topological polar surface area (TPSA) is 15.3 Å². The van der Waals surface area contributed by atoms with Crippen molar-refractivity contribution in [3.63, 3.8) is 0 Å². The zero-order chi connectivity index (χ0) is 13.6. The van der Waals surface area contributed by atoms with Crippen molar-refractivity contribution < 1.29 is 0 Å². The van der Waals surface area contributed by atoms with Crippen molar-refractivity contribution in [2.75, 3.05) is 20.1 Å². The number of rotatable bonds is 8. The van der Waals surface area contributed by atoms with Crippen molar-refractivity contribution in [3.8, 4) is 0 Å². The lowest BCUT2D eigenvalue weighted by atomic mass is 9.78. The van der Waals surface area contributed by atoms with E-state index in [0.29, 0.717) is 11.6 Å². The van der Waals surface area contributed by atoms with Crippen LogP contribution in [0.1, 0.15) is 66.2 Å². The van der Waals surface area contributed by atoms with E-state index in [9.17, 15) is 0 Å². The summed E-state index contributed by atoms with van der Waals surface area (Å²) in [5, 5.41) is 3.65. The Morgan fingerprint density at radius 3 is 2.06 bits per heavy atom. The molecule has 18 heavy (non-hydrogen) atoms. The lowest BCUT2D eigenvalue weighted by Crippen LogP contribution is -2.59. The Kier molecular flexibility index (Phi) is 6.65. The zero-order valence-corrected chi connectivity index (χ0v) is 13.3. The number of nitrogens with zero attached hydrogens (tertiary/aromatic N) is 1. The predicted octanol–water partition coefficient (Wildman–Crippen LogP) is 3.67. The van der Waals surface area contributed by atoms with Gasteiger partial charge in [0.1, 0.15) is 0 Å². The summed E-state index contributed by atoms with van der Waals surface area (Å²) >= 11 is 0. The van der Waals surface area contributed by atoms with Crippen LogP contribution in [-0.4, -0.2) is 36.6 Å². The quantitative estimate of drug-likeness (QED) is 0.711. The third-order valence-corrected chi connectivity index (χ3v) is 5.29. The summed E-state index contributed by atoms with van der Waals surface area (Å²) in [6.07, 6.45) is 7.92. The fourth-order valence-corrected chi connectivity index (χ4v) is 3.75. The largest absolute Gasteiger partial charge is 0.315 e. The van der Waals surface area contributed by atoms with E-state index in [1.165, 1.54) is 51.6 Å². The van der Waals surface area contributed by atoms with Crippen LogP contribution < -0.4 is 5.32 Å². The molecule has 2 atom stereocenters. The molecule has 1 N–H and O–H groups in total. The van der Waals surface area contributed by atoms with Gasteiger partial charge in [0.2, 0.25) is 0 Å². The minimum atomic E-state index is 0.384. The molecule has 0 amide bonds. The number of likely N-dealkylation sites (tertiary alicyclic amines) is 1. The first-order valence-corrected chi connectivity index (χ1v) is 8.06. The molecule has 1 fully saturated rings. The Morgan fingerprint density at radius 1 is 1.11 bits per heavy atom. The summed E-state index contributed by atoms with van der Waals surface area (Å²) in [4.78, 5) is 2.77. The van der Waals surface area contributed by atoms with E-state index >= 15 is 0 Å². The number of nitrogens with one attached hydrogen (secondary N) is 1. The third kappa shape index (κ3) is 3.27. The standard InChI is InChI=1S/C16H34N2/c1-6-14(4)13-15(17-5)16(7-2,8-3)18-11-9-10-12-18/h14-15,17H,6-13H2,1-5H3. The maximum Gasteiger partial charge on any atom is 0.0357 e. The van der Waals surface area contributed by atoms with Gasteiger partial charge in [0.05, 0.1) is 0 Å². The van der Waals surface area contributed by atoms with Gasteiger partial charge in [0.25, 0.3) is 0 Å². The molecule has 2 nitrogen and oxygen atoms in total. The molecular weight excluding hydrogens is 220 g/mol. The summed E-state index contributed by atoms with van der Waals surface area (Å²) in [5.74, 6) is 0.822. The molecule has 2 unspecified atom stereocenters. The molecule has 1 aliphatic rings. The van der Waals surface area contributed by atoms with Crippen molar-refractivity contribution in [3.05, 3.63) is 0 Å². The molecule has 0 aliphatic carbocycles. The van der Waals surface area contributed by atoms with Crippen molar-refractivity contribution in [1.29, 1.82) is 0 Å². The van der Waals surface area contributed by atoms with Crippen LogP contribution in [0, 0.1) is 5.92 Å². The highest BCUT2D eigenvalue weighted by Gasteiger charge is 2.41. The van der Waals surface area contributed by atoms with Gasteiger partial charge in [-0.2, -0.15) is 0 Å². The van der Waals surface area contributed by atoms with Crippen LogP contribution in [0.2, 0.25) is 0 Å². The maximum atomic E-state index is 3.65. The molecule has 1 heterocycles. The van der Waals surface area contributed by atoms with Gasteiger partial charge in [-0.1, -0.05) is 34.1 Å². The van der Waals surface area contributed by atoms with Crippen LogP contribution in [0.5, 0.6) is 0 Å². The first-order chi connectivity index (χ1) is 8.64. The second kappa shape index (κ2) is 7.49. The van der Waals surface area contributed by atoms with E-state index in [1.807, 2.05) is 0 Å². The summed E-state index contributed by atoms with van der Waals surface area (Å²) in [7, 11) is 2.16.